The first-order valence-corrected chi connectivity index (χ1v) is 7.80. The molecule has 1 N–H and O–H groups in total. The molecule has 0 spiro atoms. The van der Waals surface area contributed by atoms with Gasteiger partial charge in [0.1, 0.15) is 13.8 Å². The molecule has 0 atom stereocenters. The summed E-state index contributed by atoms with van der Waals surface area (Å²) in [5.74, 6) is 3.29. The number of para-hydroxylation sites is 1. The van der Waals surface area contributed by atoms with Crippen LogP contribution in [0.2, 0.25) is 19.6 Å². The fourth-order valence-corrected chi connectivity index (χ4v) is 1.34. The lowest BCUT2D eigenvalue weighted by atomic mass is 10.2. The minimum Gasteiger partial charge on any atom is -0.507 e. The Labute approximate surface area is 80.4 Å². The topological polar surface area (TPSA) is 20.2 Å². The standard InChI is InChI=1S/C11H14OSi/c1-13(2,3)9-8-10-6-4-5-7-11(10)12/h4-7,12H,1-3H3. The van der Waals surface area contributed by atoms with E-state index < -0.39 is 8.07 Å². The van der Waals surface area contributed by atoms with Crippen LogP contribution in [0.25, 0.3) is 0 Å². The van der Waals surface area contributed by atoms with Gasteiger partial charge in [0.2, 0.25) is 0 Å². The van der Waals surface area contributed by atoms with Crippen molar-refractivity contribution in [3.05, 3.63) is 29.8 Å². The van der Waals surface area contributed by atoms with Gasteiger partial charge in [-0.15, -0.1) is 5.54 Å². The molecule has 0 fully saturated rings. The van der Waals surface area contributed by atoms with E-state index in [0.717, 1.165) is 5.56 Å². The molecule has 0 bridgehead atoms. The second-order valence-corrected chi connectivity index (χ2v) is 8.77. The maximum absolute atomic E-state index is 9.42. The molecule has 0 unspecified atom stereocenters. The highest BCUT2D eigenvalue weighted by molar-refractivity contribution is 6.83. The molecule has 0 aliphatic carbocycles. The van der Waals surface area contributed by atoms with E-state index in [2.05, 4.69) is 31.1 Å². The van der Waals surface area contributed by atoms with Crippen LogP contribution in [-0.2, 0) is 0 Å². The van der Waals surface area contributed by atoms with Crippen LogP contribution < -0.4 is 0 Å². The summed E-state index contributed by atoms with van der Waals surface area (Å²) >= 11 is 0. The summed E-state index contributed by atoms with van der Waals surface area (Å²) in [6.45, 7) is 6.54. The van der Waals surface area contributed by atoms with E-state index in [1.54, 1.807) is 12.1 Å². The molecule has 13 heavy (non-hydrogen) atoms. The normalized spacial score (nSPS) is 10.4. The van der Waals surface area contributed by atoms with Gasteiger partial charge in [-0.1, -0.05) is 37.7 Å². The highest BCUT2D eigenvalue weighted by atomic mass is 28.3. The molecule has 68 valence electrons. The molecule has 1 aromatic rings. The van der Waals surface area contributed by atoms with Gasteiger partial charge in [-0.3, -0.25) is 0 Å². The molecule has 0 heterocycles. The van der Waals surface area contributed by atoms with Crippen molar-refractivity contribution in [1.29, 1.82) is 0 Å². The van der Waals surface area contributed by atoms with Crippen LogP contribution in [0.3, 0.4) is 0 Å². The van der Waals surface area contributed by atoms with Crippen LogP contribution in [-0.4, -0.2) is 13.2 Å². The van der Waals surface area contributed by atoms with E-state index in [1.807, 2.05) is 12.1 Å². The van der Waals surface area contributed by atoms with Crippen LogP contribution in [0.1, 0.15) is 5.56 Å². The average Bonchev–Trinajstić information content (AvgIpc) is 2.01. The molecule has 0 aromatic heterocycles. The largest absolute Gasteiger partial charge is 0.507 e. The van der Waals surface area contributed by atoms with Crippen LogP contribution in [0.15, 0.2) is 24.3 Å². The van der Waals surface area contributed by atoms with Crippen molar-refractivity contribution in [2.75, 3.05) is 0 Å². The number of hydrogen-bond donors (Lipinski definition) is 1. The van der Waals surface area contributed by atoms with E-state index in [1.165, 1.54) is 0 Å². The Hall–Kier alpha value is -1.20. The average molecular weight is 190 g/mol. The minimum absolute atomic E-state index is 0.272. The van der Waals surface area contributed by atoms with E-state index in [4.69, 9.17) is 0 Å². The number of phenols is 1. The van der Waals surface area contributed by atoms with Crippen molar-refractivity contribution in [2.45, 2.75) is 19.6 Å². The van der Waals surface area contributed by atoms with Crippen molar-refractivity contribution >= 4 is 8.07 Å². The molecule has 0 saturated carbocycles. The zero-order chi connectivity index (χ0) is 9.90. The van der Waals surface area contributed by atoms with Crippen molar-refractivity contribution in [3.8, 4) is 17.2 Å². The molecule has 1 aromatic carbocycles. The smallest absolute Gasteiger partial charge is 0.131 e. The highest BCUT2D eigenvalue weighted by Gasteiger charge is 2.07. The first kappa shape index (κ1) is 9.88. The van der Waals surface area contributed by atoms with Gasteiger partial charge >= 0.3 is 0 Å². The monoisotopic (exact) mass is 190 g/mol. The van der Waals surface area contributed by atoms with E-state index >= 15 is 0 Å². The molecule has 1 nitrogen and oxygen atoms in total. The summed E-state index contributed by atoms with van der Waals surface area (Å²) in [7, 11) is -1.34. The molecule has 0 aliphatic heterocycles. The summed E-state index contributed by atoms with van der Waals surface area (Å²) in [4.78, 5) is 0. The molecule has 1 rings (SSSR count). The Morgan fingerprint density at radius 3 is 2.31 bits per heavy atom. The number of aromatic hydroxyl groups is 1. The second-order valence-electron chi connectivity index (χ2n) is 4.02. The van der Waals surface area contributed by atoms with Crippen LogP contribution in [0.5, 0.6) is 5.75 Å². The first-order chi connectivity index (χ1) is 5.99. The molecule has 0 radical (unpaired) electrons. The summed E-state index contributed by atoms with van der Waals surface area (Å²) in [5, 5.41) is 9.42. The number of rotatable bonds is 0. The van der Waals surface area contributed by atoms with Gasteiger partial charge < -0.3 is 5.11 Å². The Balaban J connectivity index is 2.97. The fourth-order valence-electron chi connectivity index (χ4n) is 0.834. The van der Waals surface area contributed by atoms with Crippen LogP contribution in [0, 0.1) is 11.5 Å². The predicted octanol–water partition coefficient (Wildman–Crippen LogP) is 2.62. The Morgan fingerprint density at radius 1 is 1.15 bits per heavy atom. The third-order valence-corrected chi connectivity index (χ3v) is 2.35. The molecule has 0 amide bonds. The third kappa shape index (κ3) is 3.35. The number of hydrogen-bond acceptors (Lipinski definition) is 1. The fraction of sp³-hybridized carbons (Fsp3) is 0.273. The first-order valence-electron chi connectivity index (χ1n) is 4.30. The maximum Gasteiger partial charge on any atom is 0.131 e. The summed E-state index contributed by atoms with van der Waals surface area (Å²) in [6, 6.07) is 7.18. The van der Waals surface area contributed by atoms with Crippen molar-refractivity contribution < 1.29 is 5.11 Å². The van der Waals surface area contributed by atoms with Crippen LogP contribution in [0.4, 0.5) is 0 Å². The summed E-state index contributed by atoms with van der Waals surface area (Å²) in [6.07, 6.45) is 0. The van der Waals surface area contributed by atoms with Crippen LogP contribution >= 0.6 is 0 Å². The van der Waals surface area contributed by atoms with Crippen molar-refractivity contribution in [1.82, 2.24) is 0 Å². The van der Waals surface area contributed by atoms with E-state index in [9.17, 15) is 5.11 Å². The Kier molecular flexibility index (Phi) is 2.79. The Morgan fingerprint density at radius 2 is 1.77 bits per heavy atom. The van der Waals surface area contributed by atoms with Crippen molar-refractivity contribution in [3.63, 3.8) is 0 Å². The SMILES string of the molecule is C[Si](C)(C)C#Cc1ccccc1O. The molecular formula is C11H14OSi. The number of benzene rings is 1. The lowest BCUT2D eigenvalue weighted by molar-refractivity contribution is 0.474. The highest BCUT2D eigenvalue weighted by Crippen LogP contribution is 2.13. The second kappa shape index (κ2) is 3.67. The maximum atomic E-state index is 9.42. The van der Waals surface area contributed by atoms with Gasteiger partial charge in [0, 0.05) is 0 Å². The van der Waals surface area contributed by atoms with E-state index in [0.29, 0.717) is 0 Å². The molecule has 0 saturated heterocycles. The van der Waals surface area contributed by atoms with Gasteiger partial charge in [-0.05, 0) is 12.1 Å². The predicted molar refractivity (Wildman–Crippen MR) is 58.3 cm³/mol. The minimum atomic E-state index is -1.34. The quantitative estimate of drug-likeness (QED) is 0.492. The van der Waals surface area contributed by atoms with Gasteiger partial charge in [-0.25, -0.2) is 0 Å². The Bertz CT molecular complexity index is 352. The lowest BCUT2D eigenvalue weighted by Gasteiger charge is -2.03. The summed E-state index contributed by atoms with van der Waals surface area (Å²) < 4.78 is 0. The van der Waals surface area contributed by atoms with Crippen molar-refractivity contribution in [2.24, 2.45) is 0 Å². The van der Waals surface area contributed by atoms with Gasteiger partial charge in [-0.2, -0.15) is 0 Å². The zero-order valence-electron chi connectivity index (χ0n) is 8.26. The summed E-state index contributed by atoms with van der Waals surface area (Å²) in [5.41, 5.74) is 3.93. The van der Waals surface area contributed by atoms with E-state index in [-0.39, 0.29) is 5.75 Å². The molecular weight excluding hydrogens is 176 g/mol. The zero-order valence-corrected chi connectivity index (χ0v) is 9.26. The third-order valence-electron chi connectivity index (χ3n) is 1.48. The molecule has 0 aliphatic rings. The van der Waals surface area contributed by atoms with Gasteiger partial charge in [0.15, 0.2) is 0 Å². The number of phenolic OH excluding ortho intramolecular Hbond substituents is 1. The van der Waals surface area contributed by atoms with Gasteiger partial charge in [0.05, 0.1) is 5.56 Å². The van der Waals surface area contributed by atoms with Gasteiger partial charge in [0.25, 0.3) is 0 Å². The molecule has 2 heteroatoms. The lowest BCUT2D eigenvalue weighted by Crippen LogP contribution is -2.16.